The Morgan fingerprint density at radius 3 is 3.07 bits per heavy atom. The van der Waals surface area contributed by atoms with Crippen molar-refractivity contribution in [1.29, 1.82) is 0 Å². The van der Waals surface area contributed by atoms with Crippen molar-refractivity contribution in [2.24, 2.45) is 16.6 Å². The van der Waals surface area contributed by atoms with E-state index in [0.29, 0.717) is 29.3 Å². The minimum atomic E-state index is -0.419. The number of fused-ring (bicyclic) bond motifs is 1. The van der Waals surface area contributed by atoms with Crippen LogP contribution in [0.15, 0.2) is 26.8 Å². The summed E-state index contributed by atoms with van der Waals surface area (Å²) < 4.78 is 11.3. The topological polar surface area (TPSA) is 106 Å². The molecule has 8 nitrogen and oxygen atoms in total. The monoisotopic (exact) mass is 435 g/mol. The lowest BCUT2D eigenvalue weighted by Crippen LogP contribution is -2.61. The number of aromatic nitrogens is 1. The molecule has 3 aliphatic heterocycles. The molecular weight excluding hydrogens is 410 g/mol. The molecule has 4 unspecified atom stereocenters. The van der Waals surface area contributed by atoms with Gasteiger partial charge in [0.05, 0.1) is 12.7 Å². The zero-order valence-corrected chi connectivity index (χ0v) is 18.1. The summed E-state index contributed by atoms with van der Waals surface area (Å²) in [5.74, 6) is 3.02. The van der Waals surface area contributed by atoms with Crippen LogP contribution in [0.1, 0.15) is 48.4 Å². The number of carbonyl (C=O) groups is 1. The van der Waals surface area contributed by atoms with Crippen molar-refractivity contribution in [3.05, 3.63) is 28.7 Å². The van der Waals surface area contributed by atoms with Gasteiger partial charge in [0.15, 0.2) is 10.9 Å². The Bertz CT molecular complexity index is 883. The average molecular weight is 436 g/mol. The van der Waals surface area contributed by atoms with Gasteiger partial charge in [0.1, 0.15) is 22.5 Å². The van der Waals surface area contributed by atoms with Gasteiger partial charge >= 0.3 is 0 Å². The van der Waals surface area contributed by atoms with Gasteiger partial charge in [-0.1, -0.05) is 16.9 Å². The van der Waals surface area contributed by atoms with E-state index in [9.17, 15) is 4.79 Å². The van der Waals surface area contributed by atoms with Gasteiger partial charge in [-0.15, -0.1) is 11.8 Å². The van der Waals surface area contributed by atoms with Gasteiger partial charge in [-0.25, -0.2) is 0 Å². The smallest absolute Gasteiger partial charge is 0.278 e. The van der Waals surface area contributed by atoms with Crippen LogP contribution in [0.3, 0.4) is 0 Å². The number of rotatable bonds is 4. The number of amides is 1. The van der Waals surface area contributed by atoms with Crippen LogP contribution in [0.25, 0.3) is 0 Å². The first-order chi connectivity index (χ1) is 14.0. The standard InChI is InChI=1S/C19H25N5O3S2/c1-10-5-12-7-29-18(20)22-19(12,9-26-10)17-24(2)15(8-28-17)21-16(25)13-6-14(27-23-13)11-3-4-11/h6,8,10-12,17H,3-5,7,9H2,1-2H3,(H2,20,22)(H,21,25). The summed E-state index contributed by atoms with van der Waals surface area (Å²) in [7, 11) is 1.98. The second-order valence-electron chi connectivity index (χ2n) is 8.25. The van der Waals surface area contributed by atoms with E-state index in [-0.39, 0.29) is 17.4 Å². The molecule has 5 rings (SSSR count). The van der Waals surface area contributed by atoms with Crippen molar-refractivity contribution in [3.63, 3.8) is 0 Å². The molecule has 4 aliphatic rings. The summed E-state index contributed by atoms with van der Waals surface area (Å²) in [5.41, 5.74) is 6.02. The summed E-state index contributed by atoms with van der Waals surface area (Å²) in [5, 5.41) is 9.51. The summed E-state index contributed by atoms with van der Waals surface area (Å²) in [4.78, 5) is 19.6. The number of ether oxygens (including phenoxy) is 1. The summed E-state index contributed by atoms with van der Waals surface area (Å²) >= 11 is 3.28. The second kappa shape index (κ2) is 7.24. The van der Waals surface area contributed by atoms with E-state index in [1.807, 2.05) is 12.5 Å². The Labute approximate surface area is 178 Å². The third-order valence-corrected chi connectivity index (χ3v) is 8.42. The quantitative estimate of drug-likeness (QED) is 0.742. The lowest BCUT2D eigenvalue weighted by Gasteiger charge is -2.50. The molecule has 3 N–H and O–H groups in total. The van der Waals surface area contributed by atoms with E-state index in [1.54, 1.807) is 29.6 Å². The van der Waals surface area contributed by atoms with E-state index in [2.05, 4.69) is 22.3 Å². The summed E-state index contributed by atoms with van der Waals surface area (Å²) in [6, 6.07) is 1.75. The molecule has 29 heavy (non-hydrogen) atoms. The van der Waals surface area contributed by atoms with Crippen molar-refractivity contribution < 1.29 is 14.1 Å². The molecule has 4 atom stereocenters. The van der Waals surface area contributed by atoms with Gasteiger partial charge in [0.2, 0.25) is 0 Å². The minimum Gasteiger partial charge on any atom is -0.379 e. The number of nitrogens with one attached hydrogen (secondary N) is 1. The molecule has 1 saturated carbocycles. The zero-order chi connectivity index (χ0) is 20.2. The van der Waals surface area contributed by atoms with Gasteiger partial charge in [0.25, 0.3) is 5.91 Å². The van der Waals surface area contributed by atoms with Crippen molar-refractivity contribution >= 4 is 34.6 Å². The van der Waals surface area contributed by atoms with Gasteiger partial charge < -0.3 is 25.2 Å². The van der Waals surface area contributed by atoms with E-state index in [4.69, 9.17) is 20.0 Å². The SMILES string of the molecule is CC1CC2CSC(N)=NC2(C2SC=C(NC(=O)c3cc(C4CC4)on3)N2C)CO1. The maximum Gasteiger partial charge on any atom is 0.278 e. The molecule has 1 aromatic heterocycles. The Balaban J connectivity index is 1.32. The summed E-state index contributed by atoms with van der Waals surface area (Å²) in [6.45, 7) is 2.64. The van der Waals surface area contributed by atoms with Gasteiger partial charge in [0, 0.05) is 36.1 Å². The van der Waals surface area contributed by atoms with Crippen LogP contribution in [-0.4, -0.2) is 57.6 Å². The van der Waals surface area contributed by atoms with Crippen LogP contribution >= 0.6 is 23.5 Å². The second-order valence-corrected chi connectivity index (χ2v) is 10.2. The fourth-order valence-corrected chi connectivity index (χ4v) is 6.65. The molecule has 0 bridgehead atoms. The van der Waals surface area contributed by atoms with E-state index in [0.717, 1.165) is 36.6 Å². The highest BCUT2D eigenvalue weighted by atomic mass is 32.2. The van der Waals surface area contributed by atoms with Crippen molar-refractivity contribution in [2.75, 3.05) is 19.4 Å². The maximum atomic E-state index is 12.7. The predicted molar refractivity (Wildman–Crippen MR) is 114 cm³/mol. The largest absolute Gasteiger partial charge is 0.379 e. The van der Waals surface area contributed by atoms with Gasteiger partial charge in [-0.05, 0) is 26.2 Å². The van der Waals surface area contributed by atoms with Crippen LogP contribution in [0.4, 0.5) is 0 Å². The highest BCUT2D eigenvalue weighted by Gasteiger charge is 2.54. The number of thioether (sulfide) groups is 2. The van der Waals surface area contributed by atoms with Crippen molar-refractivity contribution in [1.82, 2.24) is 15.4 Å². The number of nitrogens with zero attached hydrogens (tertiary/aromatic N) is 3. The van der Waals surface area contributed by atoms with Crippen molar-refractivity contribution in [2.45, 2.75) is 49.1 Å². The lowest BCUT2D eigenvalue weighted by molar-refractivity contribution is -0.0552. The number of amidine groups is 1. The minimum absolute atomic E-state index is 0.00841. The Morgan fingerprint density at radius 1 is 1.45 bits per heavy atom. The van der Waals surface area contributed by atoms with Gasteiger partial charge in [-0.2, -0.15) is 0 Å². The molecule has 4 heterocycles. The average Bonchev–Trinajstić information content (AvgIpc) is 3.31. The Morgan fingerprint density at radius 2 is 2.28 bits per heavy atom. The van der Waals surface area contributed by atoms with E-state index < -0.39 is 5.54 Å². The maximum absolute atomic E-state index is 12.7. The molecule has 10 heteroatoms. The van der Waals surface area contributed by atoms with Crippen LogP contribution in [0.2, 0.25) is 0 Å². The number of nitrogens with two attached hydrogens (primary N) is 1. The van der Waals surface area contributed by atoms with Gasteiger partial charge in [-0.3, -0.25) is 9.79 Å². The first-order valence-electron chi connectivity index (χ1n) is 9.92. The highest BCUT2D eigenvalue weighted by molar-refractivity contribution is 8.13. The molecule has 0 spiro atoms. The van der Waals surface area contributed by atoms with E-state index >= 15 is 0 Å². The molecule has 1 aliphatic carbocycles. The fourth-order valence-electron chi connectivity index (χ4n) is 4.29. The first-order valence-corrected chi connectivity index (χ1v) is 11.9. The summed E-state index contributed by atoms with van der Waals surface area (Å²) in [6.07, 6.45) is 3.39. The molecule has 0 aromatic carbocycles. The molecule has 1 amide bonds. The molecule has 156 valence electrons. The van der Waals surface area contributed by atoms with E-state index in [1.165, 1.54) is 0 Å². The molecular formula is C19H25N5O3S2. The molecule has 1 saturated heterocycles. The van der Waals surface area contributed by atoms with Crippen molar-refractivity contribution in [3.8, 4) is 0 Å². The van der Waals surface area contributed by atoms with Crippen LogP contribution in [0, 0.1) is 5.92 Å². The fraction of sp³-hybridized carbons (Fsp3) is 0.632. The third kappa shape index (κ3) is 3.44. The highest BCUT2D eigenvalue weighted by Crippen LogP contribution is 2.48. The number of aliphatic imine (C=N–C) groups is 1. The van der Waals surface area contributed by atoms with Crippen LogP contribution in [0.5, 0.6) is 0 Å². The lowest BCUT2D eigenvalue weighted by atomic mass is 9.79. The Hall–Kier alpha value is -1.65. The molecule has 1 aromatic rings. The number of hydrogen-bond donors (Lipinski definition) is 2. The molecule has 0 radical (unpaired) electrons. The normalized spacial score (nSPS) is 34.4. The van der Waals surface area contributed by atoms with Crippen LogP contribution in [-0.2, 0) is 4.74 Å². The third-order valence-electron chi connectivity index (χ3n) is 6.12. The zero-order valence-electron chi connectivity index (χ0n) is 16.5. The van der Waals surface area contributed by atoms with Crippen LogP contribution < -0.4 is 11.1 Å². The number of hydrogen-bond acceptors (Lipinski definition) is 9. The molecule has 2 fully saturated rings. The number of carbonyl (C=O) groups excluding carboxylic acids is 1. The predicted octanol–water partition coefficient (Wildman–Crippen LogP) is 2.31. The number of likely N-dealkylation sites (N-methyl/N-ethyl adjacent to an activating group) is 1. The first kappa shape index (κ1) is 19.3. The Kier molecular flexibility index (Phi) is 4.83.